The maximum atomic E-state index is 12.6. The minimum absolute atomic E-state index is 0.409. The van der Waals surface area contributed by atoms with Crippen molar-refractivity contribution in [2.45, 2.75) is 95.3 Å². The van der Waals surface area contributed by atoms with Gasteiger partial charge in [-0.15, -0.1) is 0 Å². The molecule has 2 saturated heterocycles. The van der Waals surface area contributed by atoms with Gasteiger partial charge in [0.15, 0.2) is 12.2 Å². The molecule has 6 N–H and O–H groups in total. The lowest BCUT2D eigenvalue weighted by Crippen LogP contribution is -2.64. The van der Waals surface area contributed by atoms with Crippen LogP contribution in [-0.2, 0) is 33.3 Å². The molecule has 11 atom stereocenters. The van der Waals surface area contributed by atoms with Gasteiger partial charge in [-0.2, -0.15) is 0 Å². The molecule has 0 radical (unpaired) electrons. The van der Waals surface area contributed by atoms with E-state index in [0.29, 0.717) is 12.8 Å². The molecule has 13 heteroatoms. The Balaban J connectivity index is 2.38. The lowest BCUT2D eigenvalue weighted by Gasteiger charge is -2.45. The van der Waals surface area contributed by atoms with Gasteiger partial charge >= 0.3 is 11.9 Å². The van der Waals surface area contributed by atoms with Gasteiger partial charge < -0.3 is 54.3 Å². The summed E-state index contributed by atoms with van der Waals surface area (Å²) in [5.74, 6) is -4.82. The van der Waals surface area contributed by atoms with E-state index in [9.17, 15) is 40.2 Å². The molecule has 2 fully saturated rings. The number of ether oxygens (including phenoxy) is 5. The number of hydrogen-bond acceptors (Lipinski definition) is 13. The maximum absolute atomic E-state index is 12.6. The highest BCUT2D eigenvalue weighted by Gasteiger charge is 2.59. The summed E-state index contributed by atoms with van der Waals surface area (Å²) in [5.41, 5.74) is 0. The molecule has 0 aromatic rings. The van der Waals surface area contributed by atoms with Crippen LogP contribution in [0, 0.1) is 11.8 Å². The van der Waals surface area contributed by atoms with E-state index in [1.54, 1.807) is 27.7 Å². The third-order valence-electron chi connectivity index (χ3n) is 6.55. The van der Waals surface area contributed by atoms with Crippen molar-refractivity contribution in [2.75, 3.05) is 19.8 Å². The zero-order valence-corrected chi connectivity index (χ0v) is 20.4. The van der Waals surface area contributed by atoms with Crippen molar-refractivity contribution in [3.63, 3.8) is 0 Å². The molecule has 0 aromatic carbocycles. The van der Waals surface area contributed by atoms with Crippen LogP contribution in [0.4, 0.5) is 0 Å². The highest BCUT2D eigenvalue weighted by Crippen LogP contribution is 2.37. The summed E-state index contributed by atoms with van der Waals surface area (Å²) in [6.45, 7) is 4.25. The van der Waals surface area contributed by atoms with E-state index in [0.717, 1.165) is 0 Å². The molecule has 13 nitrogen and oxygen atoms in total. The van der Waals surface area contributed by atoms with E-state index in [1.165, 1.54) is 0 Å². The van der Waals surface area contributed by atoms with Crippen molar-refractivity contribution >= 4 is 11.9 Å². The number of hydrogen-bond donors (Lipinski definition) is 6. The number of carbonyl (C=O) groups is 2. The first kappa shape index (κ1) is 29.8. The third-order valence-corrected chi connectivity index (χ3v) is 6.55. The van der Waals surface area contributed by atoms with Crippen LogP contribution in [0.2, 0.25) is 0 Å². The quantitative estimate of drug-likeness (QED) is 0.164. The number of esters is 2. The molecule has 0 aliphatic carbocycles. The predicted molar refractivity (Wildman–Crippen MR) is 115 cm³/mol. The summed E-state index contributed by atoms with van der Waals surface area (Å²) in [6.07, 6.45) is -11.8. The zero-order chi connectivity index (χ0) is 26.5. The molecule has 2 rings (SSSR count). The SMILES string of the molecule is CCC(C)C(=O)O[C@H]1[C@@H](O[C@]2(CO)O[C@H](CO)[C@@H](O)[C@@H]2O)O[C@H](CO)[C@@H](OC(=O)C(C)CC)[C@@H]1O. The Labute approximate surface area is 203 Å². The van der Waals surface area contributed by atoms with Crippen LogP contribution >= 0.6 is 0 Å². The average molecular weight is 511 g/mol. The lowest BCUT2D eigenvalue weighted by atomic mass is 9.97. The fourth-order valence-corrected chi connectivity index (χ4v) is 3.71. The summed E-state index contributed by atoms with van der Waals surface area (Å²) in [7, 11) is 0. The monoisotopic (exact) mass is 510 g/mol. The second-order valence-electron chi connectivity index (χ2n) is 9.00. The minimum Gasteiger partial charge on any atom is -0.456 e. The largest absolute Gasteiger partial charge is 0.456 e. The molecule has 204 valence electrons. The smallest absolute Gasteiger partial charge is 0.309 e. The minimum atomic E-state index is -2.32. The predicted octanol–water partition coefficient (Wildman–Crippen LogP) is -2.20. The van der Waals surface area contributed by atoms with Gasteiger partial charge in [-0.1, -0.05) is 27.7 Å². The molecular formula is C22H38O13. The van der Waals surface area contributed by atoms with Crippen molar-refractivity contribution in [1.82, 2.24) is 0 Å². The number of rotatable bonds is 11. The van der Waals surface area contributed by atoms with Crippen LogP contribution in [0.25, 0.3) is 0 Å². The lowest BCUT2D eigenvalue weighted by molar-refractivity contribution is -0.384. The Morgan fingerprint density at radius 3 is 1.80 bits per heavy atom. The number of carbonyl (C=O) groups excluding carboxylic acids is 2. The zero-order valence-electron chi connectivity index (χ0n) is 20.4. The van der Waals surface area contributed by atoms with Crippen LogP contribution in [0.1, 0.15) is 40.5 Å². The summed E-state index contributed by atoms with van der Waals surface area (Å²) in [4.78, 5) is 25.0. The normalized spacial score (nSPS) is 39.1. The Morgan fingerprint density at radius 2 is 1.37 bits per heavy atom. The summed E-state index contributed by atoms with van der Waals surface area (Å²) in [6, 6.07) is 0. The highest BCUT2D eigenvalue weighted by atomic mass is 16.8. The van der Waals surface area contributed by atoms with E-state index in [1.807, 2.05) is 0 Å². The highest BCUT2D eigenvalue weighted by molar-refractivity contribution is 5.73. The fourth-order valence-electron chi connectivity index (χ4n) is 3.71. The van der Waals surface area contributed by atoms with Gasteiger partial charge in [0.2, 0.25) is 12.1 Å². The molecule has 35 heavy (non-hydrogen) atoms. The van der Waals surface area contributed by atoms with Crippen molar-refractivity contribution in [2.24, 2.45) is 11.8 Å². The Bertz CT molecular complexity index is 705. The van der Waals surface area contributed by atoms with Gasteiger partial charge in [0.25, 0.3) is 0 Å². The fraction of sp³-hybridized carbons (Fsp3) is 0.909. The second-order valence-corrected chi connectivity index (χ2v) is 9.00. The van der Waals surface area contributed by atoms with Gasteiger partial charge in [-0.05, 0) is 12.8 Å². The van der Waals surface area contributed by atoms with Crippen molar-refractivity contribution in [3.8, 4) is 0 Å². The third kappa shape index (κ3) is 6.29. The van der Waals surface area contributed by atoms with E-state index < -0.39 is 98.4 Å². The Hall–Kier alpha value is -1.42. The second kappa shape index (κ2) is 12.7. The summed E-state index contributed by atoms with van der Waals surface area (Å²) < 4.78 is 27.5. The first-order valence-electron chi connectivity index (χ1n) is 11.8. The van der Waals surface area contributed by atoms with Crippen LogP contribution in [0.15, 0.2) is 0 Å². The number of aliphatic hydroxyl groups is 6. The van der Waals surface area contributed by atoms with Crippen LogP contribution in [0.5, 0.6) is 0 Å². The van der Waals surface area contributed by atoms with Gasteiger partial charge in [0.05, 0.1) is 25.0 Å². The van der Waals surface area contributed by atoms with E-state index in [2.05, 4.69) is 0 Å². The van der Waals surface area contributed by atoms with Gasteiger partial charge in [0.1, 0.15) is 37.1 Å². The van der Waals surface area contributed by atoms with Crippen LogP contribution in [-0.4, -0.2) is 117 Å². The van der Waals surface area contributed by atoms with E-state index in [-0.39, 0.29) is 0 Å². The van der Waals surface area contributed by atoms with Gasteiger partial charge in [-0.25, -0.2) is 0 Å². The molecule has 2 aliphatic heterocycles. The summed E-state index contributed by atoms with van der Waals surface area (Å²) >= 11 is 0. The molecular weight excluding hydrogens is 472 g/mol. The standard InChI is InChI=1S/C22H38O13/c1-5-10(3)19(29)32-16-13(8-24)31-21(17(15(16)27)33-20(30)11(4)6-2)35-22(9-25)18(28)14(26)12(7-23)34-22/h10-18,21,23-28H,5-9H2,1-4H3/t10?,11?,12-,13-,14-,15+,16-,17-,18+,21-,22+/m1/s1. The van der Waals surface area contributed by atoms with Gasteiger partial charge in [-0.3, -0.25) is 9.59 Å². The molecule has 2 unspecified atom stereocenters. The molecule has 0 aromatic heterocycles. The van der Waals surface area contributed by atoms with Crippen LogP contribution in [0.3, 0.4) is 0 Å². The van der Waals surface area contributed by atoms with E-state index in [4.69, 9.17) is 23.7 Å². The molecule has 2 heterocycles. The maximum Gasteiger partial charge on any atom is 0.309 e. The van der Waals surface area contributed by atoms with Crippen molar-refractivity contribution < 1.29 is 63.9 Å². The van der Waals surface area contributed by atoms with Crippen molar-refractivity contribution in [3.05, 3.63) is 0 Å². The van der Waals surface area contributed by atoms with Crippen LogP contribution < -0.4 is 0 Å². The Morgan fingerprint density at radius 1 is 0.857 bits per heavy atom. The average Bonchev–Trinajstić information content (AvgIpc) is 3.10. The topological polar surface area (TPSA) is 202 Å². The molecule has 0 amide bonds. The first-order valence-corrected chi connectivity index (χ1v) is 11.8. The Kier molecular flexibility index (Phi) is 10.8. The molecule has 0 spiro atoms. The molecule has 2 aliphatic rings. The molecule has 0 bridgehead atoms. The van der Waals surface area contributed by atoms with E-state index >= 15 is 0 Å². The number of aliphatic hydroxyl groups excluding tert-OH is 6. The first-order chi connectivity index (χ1) is 16.5. The van der Waals surface area contributed by atoms with Crippen molar-refractivity contribution in [1.29, 1.82) is 0 Å². The molecule has 0 saturated carbocycles. The van der Waals surface area contributed by atoms with Gasteiger partial charge in [0, 0.05) is 0 Å². The summed E-state index contributed by atoms with van der Waals surface area (Å²) in [5, 5.41) is 60.9.